The second-order valence-electron chi connectivity index (χ2n) is 11.5. The maximum atomic E-state index is 14.7. The molecule has 48 heavy (non-hydrogen) atoms. The zero-order valence-corrected chi connectivity index (χ0v) is 29.8. The van der Waals surface area contributed by atoms with Gasteiger partial charge in [-0.15, -0.1) is 0 Å². The molecule has 4 aromatic rings. The first-order valence-corrected chi connectivity index (χ1v) is 17.4. The van der Waals surface area contributed by atoms with E-state index in [1.54, 1.807) is 36.4 Å². The Morgan fingerprint density at radius 3 is 2.12 bits per heavy atom. The highest BCUT2D eigenvalue weighted by Crippen LogP contribution is 2.34. The number of amides is 2. The molecular formula is C36H39Cl2N3O6S. The third-order valence-electron chi connectivity index (χ3n) is 7.60. The van der Waals surface area contributed by atoms with Crippen LogP contribution in [-0.4, -0.2) is 58.0 Å². The number of sulfonamides is 1. The molecule has 254 valence electrons. The van der Waals surface area contributed by atoms with E-state index in [4.69, 9.17) is 32.7 Å². The number of halogens is 2. The summed E-state index contributed by atoms with van der Waals surface area (Å²) in [4.78, 5) is 29.9. The molecular weight excluding hydrogens is 673 g/mol. The molecule has 4 aromatic carbocycles. The van der Waals surface area contributed by atoms with Crippen molar-refractivity contribution in [3.05, 3.63) is 118 Å². The summed E-state index contributed by atoms with van der Waals surface area (Å²) in [5.41, 5.74) is 2.38. The molecule has 2 amide bonds. The van der Waals surface area contributed by atoms with E-state index < -0.39 is 34.4 Å². The number of anilines is 1. The highest BCUT2D eigenvalue weighted by Gasteiger charge is 2.35. The van der Waals surface area contributed by atoms with E-state index in [0.29, 0.717) is 21.4 Å². The third-order valence-corrected chi connectivity index (χ3v) is 9.98. The monoisotopic (exact) mass is 711 g/mol. The van der Waals surface area contributed by atoms with Crippen molar-refractivity contribution >= 4 is 50.7 Å². The normalized spacial score (nSPS) is 11.9. The van der Waals surface area contributed by atoms with Crippen LogP contribution in [0.3, 0.4) is 0 Å². The van der Waals surface area contributed by atoms with Gasteiger partial charge in [0.1, 0.15) is 12.6 Å². The van der Waals surface area contributed by atoms with Crippen molar-refractivity contribution in [3.8, 4) is 11.5 Å². The summed E-state index contributed by atoms with van der Waals surface area (Å²) < 4.78 is 40.5. The fourth-order valence-corrected chi connectivity index (χ4v) is 6.99. The molecule has 1 atom stereocenters. The van der Waals surface area contributed by atoms with E-state index in [2.05, 4.69) is 5.32 Å². The minimum atomic E-state index is -4.31. The SMILES string of the molecule is COc1ccc(N(CC(=O)N(Cc2ccc(Cl)cc2Cl)[C@@H](Cc2ccccc2)C(=O)NC(C)C)S(=O)(=O)c2ccc(C)cc2)cc1OC. The molecule has 0 aliphatic rings. The van der Waals surface area contributed by atoms with Crippen molar-refractivity contribution in [3.63, 3.8) is 0 Å². The number of nitrogens with zero attached hydrogens (tertiary/aromatic N) is 2. The lowest BCUT2D eigenvalue weighted by atomic mass is 10.0. The van der Waals surface area contributed by atoms with Gasteiger partial charge in [-0.2, -0.15) is 0 Å². The Kier molecular flexibility index (Phi) is 12.4. The van der Waals surface area contributed by atoms with Crippen LogP contribution in [0.4, 0.5) is 5.69 Å². The van der Waals surface area contributed by atoms with Crippen LogP contribution in [0.15, 0.2) is 95.9 Å². The van der Waals surface area contributed by atoms with E-state index in [1.807, 2.05) is 51.1 Å². The Bertz CT molecular complexity index is 1840. The van der Waals surface area contributed by atoms with E-state index in [0.717, 1.165) is 15.4 Å². The topological polar surface area (TPSA) is 105 Å². The minimum absolute atomic E-state index is 0.0126. The molecule has 0 saturated heterocycles. The standard InChI is InChI=1S/C36H39Cl2N3O6S/c1-24(2)39-36(43)32(19-26-9-7-6-8-10-26)40(22-27-13-14-28(37)20-31(27)38)35(42)23-41(29-15-18-33(46-4)34(21-29)47-5)48(44,45)30-16-11-25(3)12-17-30/h6-18,20-21,24,32H,19,22-23H2,1-5H3,(H,39,43)/t32-/m0/s1. The molecule has 0 aromatic heterocycles. The predicted molar refractivity (Wildman–Crippen MR) is 189 cm³/mol. The number of carbonyl (C=O) groups is 2. The van der Waals surface area contributed by atoms with Crippen LogP contribution < -0.4 is 19.1 Å². The molecule has 9 nitrogen and oxygen atoms in total. The molecule has 0 aliphatic carbocycles. The first-order valence-electron chi connectivity index (χ1n) is 15.2. The second-order valence-corrected chi connectivity index (χ2v) is 14.2. The molecule has 4 rings (SSSR count). The molecule has 0 aliphatic heterocycles. The average molecular weight is 713 g/mol. The minimum Gasteiger partial charge on any atom is -0.493 e. The van der Waals surface area contributed by atoms with Gasteiger partial charge in [-0.25, -0.2) is 8.42 Å². The van der Waals surface area contributed by atoms with Crippen LogP contribution in [0.2, 0.25) is 10.0 Å². The van der Waals surface area contributed by atoms with E-state index in [-0.39, 0.29) is 35.3 Å². The summed E-state index contributed by atoms with van der Waals surface area (Å²) in [6.07, 6.45) is 0.164. The average Bonchev–Trinajstić information content (AvgIpc) is 3.06. The van der Waals surface area contributed by atoms with Crippen LogP contribution in [0.25, 0.3) is 0 Å². The smallest absolute Gasteiger partial charge is 0.264 e. The lowest BCUT2D eigenvalue weighted by molar-refractivity contribution is -0.140. The molecule has 0 unspecified atom stereocenters. The maximum Gasteiger partial charge on any atom is 0.264 e. The van der Waals surface area contributed by atoms with Crippen LogP contribution in [0, 0.1) is 6.92 Å². The van der Waals surface area contributed by atoms with Crippen LogP contribution >= 0.6 is 23.2 Å². The second kappa shape index (κ2) is 16.2. The van der Waals surface area contributed by atoms with Crippen molar-refractivity contribution in [2.75, 3.05) is 25.1 Å². The van der Waals surface area contributed by atoms with Crippen molar-refractivity contribution in [1.29, 1.82) is 0 Å². The maximum absolute atomic E-state index is 14.7. The molecule has 0 fully saturated rings. The number of ether oxygens (including phenoxy) is 2. The lowest BCUT2D eigenvalue weighted by Gasteiger charge is -2.34. The number of benzene rings is 4. The Morgan fingerprint density at radius 1 is 0.854 bits per heavy atom. The van der Waals surface area contributed by atoms with Crippen LogP contribution in [0.5, 0.6) is 11.5 Å². The van der Waals surface area contributed by atoms with E-state index >= 15 is 0 Å². The summed E-state index contributed by atoms with van der Waals surface area (Å²) in [6.45, 7) is 4.76. The van der Waals surface area contributed by atoms with Crippen molar-refractivity contribution in [2.24, 2.45) is 0 Å². The zero-order valence-electron chi connectivity index (χ0n) is 27.4. The lowest BCUT2D eigenvalue weighted by Crippen LogP contribution is -2.54. The molecule has 0 spiro atoms. The first kappa shape index (κ1) is 36.6. The van der Waals surface area contributed by atoms with Crippen molar-refractivity contribution < 1.29 is 27.5 Å². The van der Waals surface area contributed by atoms with Crippen LogP contribution in [0.1, 0.15) is 30.5 Å². The van der Waals surface area contributed by atoms with E-state index in [1.165, 1.54) is 43.4 Å². The Balaban J connectivity index is 1.86. The summed E-state index contributed by atoms with van der Waals surface area (Å²) in [5, 5.41) is 3.64. The predicted octanol–water partition coefficient (Wildman–Crippen LogP) is 6.68. The molecule has 0 bridgehead atoms. The molecule has 12 heteroatoms. The van der Waals surface area contributed by atoms with Gasteiger partial charge in [-0.1, -0.05) is 77.3 Å². The fourth-order valence-electron chi connectivity index (χ4n) is 5.11. The zero-order chi connectivity index (χ0) is 35.0. The molecule has 0 radical (unpaired) electrons. The number of carbonyl (C=O) groups excluding carboxylic acids is 2. The van der Waals surface area contributed by atoms with Gasteiger partial charge in [0.15, 0.2) is 11.5 Å². The highest BCUT2D eigenvalue weighted by molar-refractivity contribution is 7.92. The first-order chi connectivity index (χ1) is 22.8. The quantitative estimate of drug-likeness (QED) is 0.157. The van der Waals surface area contributed by atoms with Gasteiger partial charge < -0.3 is 19.7 Å². The summed E-state index contributed by atoms with van der Waals surface area (Å²) in [5.74, 6) is -0.375. The van der Waals surface area contributed by atoms with Gasteiger partial charge in [0.25, 0.3) is 10.0 Å². The summed E-state index contributed by atoms with van der Waals surface area (Å²) in [6, 6.07) is 23.9. The Labute approximate surface area is 292 Å². The largest absolute Gasteiger partial charge is 0.493 e. The highest BCUT2D eigenvalue weighted by atomic mass is 35.5. The Morgan fingerprint density at radius 2 is 1.52 bits per heavy atom. The number of hydrogen-bond donors (Lipinski definition) is 1. The van der Waals surface area contributed by atoms with Gasteiger partial charge in [0.2, 0.25) is 11.8 Å². The van der Waals surface area contributed by atoms with Gasteiger partial charge in [-0.05, 0) is 68.3 Å². The van der Waals surface area contributed by atoms with Crippen molar-refractivity contribution in [1.82, 2.24) is 10.2 Å². The Hall–Kier alpha value is -4.25. The number of nitrogens with one attached hydrogen (secondary N) is 1. The van der Waals surface area contributed by atoms with Gasteiger partial charge >= 0.3 is 0 Å². The van der Waals surface area contributed by atoms with E-state index in [9.17, 15) is 18.0 Å². The third kappa shape index (κ3) is 9.00. The molecule has 0 heterocycles. The number of hydrogen-bond acceptors (Lipinski definition) is 6. The molecule has 1 N–H and O–H groups in total. The van der Waals surface area contributed by atoms with Gasteiger partial charge in [0, 0.05) is 35.1 Å². The fraction of sp³-hybridized carbons (Fsp3) is 0.278. The van der Waals surface area contributed by atoms with Crippen molar-refractivity contribution in [2.45, 2.75) is 50.7 Å². The number of rotatable bonds is 14. The number of aryl methyl sites for hydroxylation is 1. The molecule has 0 saturated carbocycles. The van der Waals surface area contributed by atoms with Gasteiger partial charge in [-0.3, -0.25) is 13.9 Å². The summed E-state index contributed by atoms with van der Waals surface area (Å²) >= 11 is 12.8. The summed E-state index contributed by atoms with van der Waals surface area (Å²) in [7, 11) is -1.40. The van der Waals surface area contributed by atoms with Crippen LogP contribution in [-0.2, 0) is 32.6 Å². The number of methoxy groups -OCH3 is 2. The van der Waals surface area contributed by atoms with Gasteiger partial charge in [0.05, 0.1) is 24.8 Å².